The second kappa shape index (κ2) is 8.62. The molecule has 25 heavy (non-hydrogen) atoms. The quantitative estimate of drug-likeness (QED) is 0.760. The summed E-state index contributed by atoms with van der Waals surface area (Å²) in [4.78, 5) is 12.2. The fourth-order valence-electron chi connectivity index (χ4n) is 2.36. The van der Waals surface area contributed by atoms with Gasteiger partial charge in [-0.1, -0.05) is 11.6 Å². The van der Waals surface area contributed by atoms with Crippen molar-refractivity contribution in [1.82, 2.24) is 5.32 Å². The van der Waals surface area contributed by atoms with Gasteiger partial charge in [-0.3, -0.25) is 4.79 Å². The van der Waals surface area contributed by atoms with Gasteiger partial charge in [-0.15, -0.1) is 0 Å². The first kappa shape index (κ1) is 18.9. The number of hydrogen-bond donors (Lipinski definition) is 1. The number of hydrogen-bond acceptors (Lipinski definition) is 4. The van der Waals surface area contributed by atoms with Crippen LogP contribution in [0.4, 0.5) is 0 Å². The van der Waals surface area contributed by atoms with Crippen molar-refractivity contribution in [1.29, 1.82) is 0 Å². The van der Waals surface area contributed by atoms with Gasteiger partial charge in [-0.05, 0) is 49.2 Å². The van der Waals surface area contributed by atoms with E-state index in [9.17, 15) is 4.79 Å². The van der Waals surface area contributed by atoms with Crippen molar-refractivity contribution >= 4 is 17.5 Å². The van der Waals surface area contributed by atoms with Crippen LogP contribution >= 0.6 is 11.6 Å². The van der Waals surface area contributed by atoms with Crippen molar-refractivity contribution in [3.8, 4) is 17.2 Å². The number of nitrogens with one attached hydrogen (secondary N) is 1. The maximum absolute atomic E-state index is 12.2. The molecule has 0 atom stereocenters. The van der Waals surface area contributed by atoms with Gasteiger partial charge < -0.3 is 19.5 Å². The van der Waals surface area contributed by atoms with E-state index in [1.165, 1.54) is 0 Å². The Morgan fingerprint density at radius 3 is 2.04 bits per heavy atom. The molecule has 1 amide bonds. The third-order valence-electron chi connectivity index (χ3n) is 3.68. The third kappa shape index (κ3) is 5.03. The molecule has 0 aliphatic rings. The highest BCUT2D eigenvalue weighted by Crippen LogP contribution is 2.26. The zero-order valence-electron chi connectivity index (χ0n) is 14.8. The van der Waals surface area contributed by atoms with E-state index in [4.69, 9.17) is 25.8 Å². The Kier molecular flexibility index (Phi) is 6.53. The number of ether oxygens (including phenoxy) is 3. The van der Waals surface area contributed by atoms with Crippen molar-refractivity contribution in [3.05, 3.63) is 52.0 Å². The van der Waals surface area contributed by atoms with E-state index in [1.807, 2.05) is 26.0 Å². The highest BCUT2D eigenvalue weighted by atomic mass is 35.5. The van der Waals surface area contributed by atoms with E-state index in [0.29, 0.717) is 30.2 Å². The molecule has 134 valence electrons. The fraction of sp³-hybridized carbons (Fsp3) is 0.316. The summed E-state index contributed by atoms with van der Waals surface area (Å²) in [5.41, 5.74) is 2.39. The minimum absolute atomic E-state index is 0.218. The number of halogens is 1. The summed E-state index contributed by atoms with van der Waals surface area (Å²) in [6.07, 6.45) is 0. The standard InChI is InChI=1S/C19H22ClNO4/c1-12-7-17(8-13(2)18(12)20)25-6-5-21-19(22)14-9-15(23-3)11-16(10-14)24-4/h7-11H,5-6H2,1-4H3,(H,21,22). The van der Waals surface area contributed by atoms with Crippen LogP contribution in [0.2, 0.25) is 5.02 Å². The van der Waals surface area contributed by atoms with E-state index < -0.39 is 0 Å². The van der Waals surface area contributed by atoms with Gasteiger partial charge >= 0.3 is 0 Å². The summed E-state index contributed by atoms with van der Waals surface area (Å²) in [7, 11) is 3.08. The second-order valence-electron chi connectivity index (χ2n) is 5.58. The smallest absolute Gasteiger partial charge is 0.251 e. The van der Waals surface area contributed by atoms with Crippen LogP contribution in [0, 0.1) is 13.8 Å². The van der Waals surface area contributed by atoms with Crippen LogP contribution in [0.25, 0.3) is 0 Å². The molecule has 0 heterocycles. The topological polar surface area (TPSA) is 56.8 Å². The van der Waals surface area contributed by atoms with Crippen LogP contribution in [-0.2, 0) is 0 Å². The zero-order chi connectivity index (χ0) is 18.4. The highest BCUT2D eigenvalue weighted by Gasteiger charge is 2.10. The molecule has 0 saturated heterocycles. The van der Waals surface area contributed by atoms with Gasteiger partial charge in [0, 0.05) is 16.7 Å². The summed E-state index contributed by atoms with van der Waals surface area (Å²) in [6, 6.07) is 8.79. The van der Waals surface area contributed by atoms with Gasteiger partial charge in [0.1, 0.15) is 23.9 Å². The molecule has 6 heteroatoms. The van der Waals surface area contributed by atoms with E-state index in [-0.39, 0.29) is 5.91 Å². The number of carbonyl (C=O) groups excluding carboxylic acids is 1. The second-order valence-corrected chi connectivity index (χ2v) is 5.95. The highest BCUT2D eigenvalue weighted by molar-refractivity contribution is 6.32. The minimum atomic E-state index is -0.218. The number of methoxy groups -OCH3 is 2. The number of rotatable bonds is 7. The molecule has 2 rings (SSSR count). The number of benzene rings is 2. The summed E-state index contributed by atoms with van der Waals surface area (Å²) < 4.78 is 16.0. The SMILES string of the molecule is COc1cc(OC)cc(C(=O)NCCOc2cc(C)c(Cl)c(C)c2)c1. The molecule has 0 aromatic heterocycles. The summed E-state index contributed by atoms with van der Waals surface area (Å²) in [5, 5.41) is 3.55. The van der Waals surface area contributed by atoms with Gasteiger partial charge in [0.25, 0.3) is 5.91 Å². The third-order valence-corrected chi connectivity index (χ3v) is 4.28. The normalized spacial score (nSPS) is 10.3. The van der Waals surface area contributed by atoms with Crippen LogP contribution in [0.3, 0.4) is 0 Å². The largest absolute Gasteiger partial charge is 0.497 e. The van der Waals surface area contributed by atoms with E-state index >= 15 is 0 Å². The lowest BCUT2D eigenvalue weighted by Gasteiger charge is -2.11. The summed E-state index contributed by atoms with van der Waals surface area (Å²) >= 11 is 6.14. The molecule has 0 aliphatic heterocycles. The van der Waals surface area contributed by atoms with Crippen molar-refractivity contribution < 1.29 is 19.0 Å². The van der Waals surface area contributed by atoms with Crippen molar-refractivity contribution in [2.45, 2.75) is 13.8 Å². The maximum Gasteiger partial charge on any atom is 0.251 e. The molecule has 5 nitrogen and oxygen atoms in total. The predicted octanol–water partition coefficient (Wildman–Crippen LogP) is 3.78. The first-order valence-electron chi connectivity index (χ1n) is 7.85. The number of aryl methyl sites for hydroxylation is 2. The zero-order valence-corrected chi connectivity index (χ0v) is 15.6. The minimum Gasteiger partial charge on any atom is -0.497 e. The maximum atomic E-state index is 12.2. The van der Waals surface area contributed by atoms with Crippen LogP contribution in [-0.4, -0.2) is 33.3 Å². The van der Waals surface area contributed by atoms with Crippen LogP contribution < -0.4 is 19.5 Å². The first-order valence-corrected chi connectivity index (χ1v) is 8.23. The molecular formula is C19H22ClNO4. The molecule has 0 unspecified atom stereocenters. The van der Waals surface area contributed by atoms with E-state index in [0.717, 1.165) is 21.9 Å². The number of carbonyl (C=O) groups is 1. The Balaban J connectivity index is 1.90. The molecule has 2 aromatic carbocycles. The Hall–Kier alpha value is -2.40. The lowest BCUT2D eigenvalue weighted by molar-refractivity contribution is 0.0946. The van der Waals surface area contributed by atoms with Crippen molar-refractivity contribution in [2.75, 3.05) is 27.4 Å². The monoisotopic (exact) mass is 363 g/mol. The average Bonchev–Trinajstić information content (AvgIpc) is 2.62. The molecule has 1 N–H and O–H groups in total. The molecule has 2 aromatic rings. The van der Waals surface area contributed by atoms with Crippen molar-refractivity contribution in [3.63, 3.8) is 0 Å². The molecule has 0 saturated carbocycles. The molecule has 0 spiro atoms. The van der Waals surface area contributed by atoms with Gasteiger partial charge in [-0.25, -0.2) is 0 Å². The van der Waals surface area contributed by atoms with E-state index in [1.54, 1.807) is 32.4 Å². The van der Waals surface area contributed by atoms with Gasteiger partial charge in [0.15, 0.2) is 0 Å². The fourth-order valence-corrected chi connectivity index (χ4v) is 2.47. The van der Waals surface area contributed by atoms with Crippen LogP contribution in [0.5, 0.6) is 17.2 Å². The molecule has 0 aliphatic carbocycles. The molecule has 0 radical (unpaired) electrons. The summed E-state index contributed by atoms with van der Waals surface area (Å²) in [6.45, 7) is 4.59. The lowest BCUT2D eigenvalue weighted by atomic mass is 10.1. The van der Waals surface area contributed by atoms with Crippen LogP contribution in [0.15, 0.2) is 30.3 Å². The molecule has 0 fully saturated rings. The van der Waals surface area contributed by atoms with E-state index in [2.05, 4.69) is 5.32 Å². The summed E-state index contributed by atoms with van der Waals surface area (Å²) in [5.74, 6) is 1.64. The van der Waals surface area contributed by atoms with Crippen LogP contribution in [0.1, 0.15) is 21.5 Å². The average molecular weight is 364 g/mol. The molecular weight excluding hydrogens is 342 g/mol. The Morgan fingerprint density at radius 2 is 1.52 bits per heavy atom. The predicted molar refractivity (Wildman–Crippen MR) is 98.3 cm³/mol. The lowest BCUT2D eigenvalue weighted by Crippen LogP contribution is -2.28. The first-order chi connectivity index (χ1) is 11.9. The number of amides is 1. The Labute approximate surface area is 152 Å². The Morgan fingerprint density at radius 1 is 0.960 bits per heavy atom. The molecule has 0 bridgehead atoms. The van der Waals surface area contributed by atoms with Crippen molar-refractivity contribution in [2.24, 2.45) is 0 Å². The Bertz CT molecular complexity index is 716. The van der Waals surface area contributed by atoms with Gasteiger partial charge in [-0.2, -0.15) is 0 Å². The van der Waals surface area contributed by atoms with Gasteiger partial charge in [0.2, 0.25) is 0 Å². The van der Waals surface area contributed by atoms with Gasteiger partial charge in [0.05, 0.1) is 20.8 Å².